The number of ether oxygens (including phenoxy) is 1. The summed E-state index contributed by atoms with van der Waals surface area (Å²) in [6, 6.07) is 7.19. The third kappa shape index (κ3) is 5.30. The van der Waals surface area contributed by atoms with Crippen LogP contribution in [0, 0.1) is 0 Å². The number of aromatic nitrogens is 1. The molecule has 0 aliphatic heterocycles. The number of nitrogens with two attached hydrogens (primary N) is 1. The lowest BCUT2D eigenvalue weighted by molar-refractivity contribution is 0.0912. The van der Waals surface area contributed by atoms with Gasteiger partial charge in [-0.25, -0.2) is 4.98 Å². The minimum Gasteiger partial charge on any atom is -0.491 e. The molecule has 1 aromatic heterocycles. The summed E-state index contributed by atoms with van der Waals surface area (Å²) in [6.07, 6.45) is -0.0303. The molecule has 0 aliphatic rings. The van der Waals surface area contributed by atoms with E-state index in [1.807, 2.05) is 13.8 Å². The van der Waals surface area contributed by atoms with Crippen LogP contribution in [0.1, 0.15) is 41.0 Å². The highest BCUT2D eigenvalue weighted by Gasteiger charge is 2.13. The van der Waals surface area contributed by atoms with Crippen molar-refractivity contribution >= 4 is 17.2 Å². The maximum atomic E-state index is 12.0. The molecule has 0 saturated carbocycles. The van der Waals surface area contributed by atoms with Crippen LogP contribution in [-0.2, 0) is 6.42 Å². The van der Waals surface area contributed by atoms with Gasteiger partial charge in [-0.1, -0.05) is 12.1 Å². The highest BCUT2D eigenvalue weighted by molar-refractivity contribution is 7.09. The van der Waals surface area contributed by atoms with Gasteiger partial charge in [0.25, 0.3) is 5.91 Å². The van der Waals surface area contributed by atoms with Gasteiger partial charge in [0.05, 0.1) is 17.2 Å². The quantitative estimate of drug-likeness (QED) is 0.676. The van der Waals surface area contributed by atoms with E-state index in [-0.39, 0.29) is 18.6 Å². The van der Waals surface area contributed by atoms with Crippen molar-refractivity contribution in [1.82, 2.24) is 10.3 Å². The molecule has 1 amide bonds. The fraction of sp³-hybridized carbons (Fsp3) is 0.412. The first-order chi connectivity index (χ1) is 11.5. The minimum absolute atomic E-state index is 0.0994. The van der Waals surface area contributed by atoms with Crippen LogP contribution in [0.2, 0.25) is 0 Å². The number of rotatable bonds is 8. The Balaban J connectivity index is 1.87. The molecular formula is C17H23N3O3S. The van der Waals surface area contributed by atoms with Gasteiger partial charge in [0, 0.05) is 18.3 Å². The third-order valence-corrected chi connectivity index (χ3v) is 4.14. The highest BCUT2D eigenvalue weighted by atomic mass is 32.1. The molecule has 0 bridgehead atoms. The highest BCUT2D eigenvalue weighted by Crippen LogP contribution is 2.18. The molecule has 1 heterocycles. The van der Waals surface area contributed by atoms with Crippen LogP contribution < -0.4 is 15.8 Å². The lowest BCUT2D eigenvalue weighted by atomic mass is 10.1. The summed E-state index contributed by atoms with van der Waals surface area (Å²) in [5.74, 6) is 0.452. The summed E-state index contributed by atoms with van der Waals surface area (Å²) in [5, 5.41) is 15.4. The van der Waals surface area contributed by atoms with Gasteiger partial charge in [-0.2, -0.15) is 0 Å². The van der Waals surface area contributed by atoms with Crippen molar-refractivity contribution in [1.29, 1.82) is 0 Å². The van der Waals surface area contributed by atoms with Crippen LogP contribution in [0.4, 0.5) is 0 Å². The standard InChI is InChI=1S/C17H23N3O3S/c1-11(2)23-13-5-3-12(4-6-13)15(21)9-19-17(22)14-10-24-16(20-14)7-8-18/h3-6,10-11,15,21H,7-9,18H2,1-2H3,(H,19,22). The largest absolute Gasteiger partial charge is 0.491 e. The Hall–Kier alpha value is -1.96. The monoisotopic (exact) mass is 349 g/mol. The number of carbonyl (C=O) groups excluding carboxylic acids is 1. The summed E-state index contributed by atoms with van der Waals surface area (Å²) in [4.78, 5) is 16.3. The van der Waals surface area contributed by atoms with Crippen LogP contribution in [0.15, 0.2) is 29.6 Å². The van der Waals surface area contributed by atoms with E-state index in [1.165, 1.54) is 11.3 Å². The number of nitrogens with zero attached hydrogens (tertiary/aromatic N) is 1. The second kappa shape index (κ2) is 8.77. The smallest absolute Gasteiger partial charge is 0.270 e. The van der Waals surface area contributed by atoms with Crippen LogP contribution in [-0.4, -0.2) is 35.2 Å². The zero-order chi connectivity index (χ0) is 17.5. The Labute approximate surface area is 145 Å². The molecular weight excluding hydrogens is 326 g/mol. The van der Waals surface area contributed by atoms with Gasteiger partial charge in [-0.05, 0) is 38.1 Å². The van der Waals surface area contributed by atoms with Crippen molar-refractivity contribution < 1.29 is 14.6 Å². The minimum atomic E-state index is -0.788. The lowest BCUT2D eigenvalue weighted by Crippen LogP contribution is -2.28. The molecule has 24 heavy (non-hydrogen) atoms. The summed E-state index contributed by atoms with van der Waals surface area (Å²) in [5.41, 5.74) is 6.54. The average Bonchev–Trinajstić information content (AvgIpc) is 3.01. The fourth-order valence-corrected chi connectivity index (χ4v) is 2.89. The first-order valence-corrected chi connectivity index (χ1v) is 8.75. The fourth-order valence-electron chi connectivity index (χ4n) is 2.09. The molecule has 130 valence electrons. The van der Waals surface area contributed by atoms with Gasteiger partial charge in [0.15, 0.2) is 0 Å². The van der Waals surface area contributed by atoms with E-state index < -0.39 is 6.10 Å². The van der Waals surface area contributed by atoms with E-state index in [9.17, 15) is 9.90 Å². The summed E-state index contributed by atoms with van der Waals surface area (Å²) in [7, 11) is 0. The van der Waals surface area contributed by atoms with Crippen LogP contribution in [0.25, 0.3) is 0 Å². The molecule has 0 fully saturated rings. The number of aliphatic hydroxyl groups excluding tert-OH is 1. The van der Waals surface area contributed by atoms with Crippen molar-refractivity contribution in [3.63, 3.8) is 0 Å². The normalized spacial score (nSPS) is 12.2. The Morgan fingerprint density at radius 3 is 2.71 bits per heavy atom. The Morgan fingerprint density at radius 1 is 1.38 bits per heavy atom. The molecule has 0 radical (unpaired) electrons. The van der Waals surface area contributed by atoms with Crippen molar-refractivity contribution in [2.45, 2.75) is 32.5 Å². The van der Waals surface area contributed by atoms with E-state index in [1.54, 1.807) is 29.6 Å². The first-order valence-electron chi connectivity index (χ1n) is 7.87. The number of hydrogen-bond acceptors (Lipinski definition) is 6. The van der Waals surface area contributed by atoms with Gasteiger partial charge >= 0.3 is 0 Å². The zero-order valence-corrected chi connectivity index (χ0v) is 14.7. The van der Waals surface area contributed by atoms with E-state index in [2.05, 4.69) is 10.3 Å². The predicted molar refractivity (Wildman–Crippen MR) is 94.4 cm³/mol. The molecule has 2 aromatic rings. The first kappa shape index (κ1) is 18.4. The molecule has 7 heteroatoms. The molecule has 0 saturated heterocycles. The van der Waals surface area contributed by atoms with Crippen LogP contribution in [0.5, 0.6) is 5.75 Å². The predicted octanol–water partition coefficient (Wildman–Crippen LogP) is 1.89. The molecule has 1 aromatic carbocycles. The second-order valence-corrected chi connectivity index (χ2v) is 6.57. The maximum Gasteiger partial charge on any atom is 0.270 e. The number of nitrogens with one attached hydrogen (secondary N) is 1. The van der Waals surface area contributed by atoms with E-state index in [4.69, 9.17) is 10.5 Å². The lowest BCUT2D eigenvalue weighted by Gasteiger charge is -2.14. The van der Waals surface area contributed by atoms with Crippen LogP contribution >= 0.6 is 11.3 Å². The number of aliphatic hydroxyl groups is 1. The number of thiazole rings is 1. The zero-order valence-electron chi connectivity index (χ0n) is 13.9. The van der Waals surface area contributed by atoms with Gasteiger partial charge < -0.3 is 20.9 Å². The van der Waals surface area contributed by atoms with Gasteiger partial charge in [0.2, 0.25) is 0 Å². The third-order valence-electron chi connectivity index (χ3n) is 3.24. The summed E-state index contributed by atoms with van der Waals surface area (Å²) in [6.45, 7) is 4.53. The van der Waals surface area contributed by atoms with E-state index >= 15 is 0 Å². The second-order valence-electron chi connectivity index (χ2n) is 5.63. The Kier molecular flexibility index (Phi) is 6.72. The van der Waals surface area contributed by atoms with Crippen molar-refractivity contribution in [3.05, 3.63) is 45.9 Å². The number of hydrogen-bond donors (Lipinski definition) is 3. The van der Waals surface area contributed by atoms with E-state index in [0.29, 0.717) is 24.2 Å². The number of benzene rings is 1. The molecule has 4 N–H and O–H groups in total. The Bertz CT molecular complexity index is 655. The van der Waals surface area contributed by atoms with Crippen molar-refractivity contribution in [2.75, 3.05) is 13.1 Å². The number of carbonyl (C=O) groups is 1. The number of amides is 1. The average molecular weight is 349 g/mol. The summed E-state index contributed by atoms with van der Waals surface area (Å²) < 4.78 is 5.56. The van der Waals surface area contributed by atoms with E-state index in [0.717, 1.165) is 10.8 Å². The summed E-state index contributed by atoms with van der Waals surface area (Å²) >= 11 is 1.41. The maximum absolute atomic E-state index is 12.0. The van der Waals surface area contributed by atoms with Crippen LogP contribution in [0.3, 0.4) is 0 Å². The van der Waals surface area contributed by atoms with Crippen molar-refractivity contribution in [2.24, 2.45) is 5.73 Å². The molecule has 2 rings (SSSR count). The molecule has 1 atom stereocenters. The molecule has 0 spiro atoms. The van der Waals surface area contributed by atoms with Gasteiger partial charge in [0.1, 0.15) is 11.4 Å². The molecule has 1 unspecified atom stereocenters. The topological polar surface area (TPSA) is 97.5 Å². The Morgan fingerprint density at radius 2 is 2.08 bits per heavy atom. The molecule has 0 aliphatic carbocycles. The SMILES string of the molecule is CC(C)Oc1ccc(C(O)CNC(=O)c2csc(CCN)n2)cc1. The van der Waals surface area contributed by atoms with Gasteiger partial charge in [-0.15, -0.1) is 11.3 Å². The van der Waals surface area contributed by atoms with Crippen molar-refractivity contribution in [3.8, 4) is 5.75 Å². The van der Waals surface area contributed by atoms with Gasteiger partial charge in [-0.3, -0.25) is 4.79 Å². The molecule has 6 nitrogen and oxygen atoms in total.